The van der Waals surface area contributed by atoms with E-state index in [0.29, 0.717) is 51.2 Å². The van der Waals surface area contributed by atoms with Crippen LogP contribution in [0.2, 0.25) is 5.02 Å². The predicted molar refractivity (Wildman–Crippen MR) is 134 cm³/mol. The van der Waals surface area contributed by atoms with E-state index < -0.39 is 0 Å². The molecular weight excluding hydrogens is 472 g/mol. The number of Topliss-reactive ketones (excluding diaryl/α,β-unsaturated/α-hetero) is 1. The van der Waals surface area contributed by atoms with E-state index in [9.17, 15) is 9.59 Å². The van der Waals surface area contributed by atoms with Crippen molar-refractivity contribution in [2.24, 2.45) is 0 Å². The molecule has 2 aromatic carbocycles. The number of methoxy groups -OCH3 is 2. The first-order valence-electron chi connectivity index (χ1n) is 10.7. The Kier molecular flexibility index (Phi) is 5.98. The first-order chi connectivity index (χ1) is 16.5. The third-order valence-corrected chi connectivity index (χ3v) is 7.15. The zero-order chi connectivity index (χ0) is 23.8. The lowest BCUT2D eigenvalue weighted by molar-refractivity contribution is 0.0963. The minimum absolute atomic E-state index is 0.00912. The summed E-state index contributed by atoms with van der Waals surface area (Å²) in [6.45, 7) is 0. The summed E-state index contributed by atoms with van der Waals surface area (Å²) in [5, 5.41) is 3.07. The van der Waals surface area contributed by atoms with Crippen molar-refractivity contribution in [3.63, 3.8) is 0 Å². The first kappa shape index (κ1) is 22.4. The second-order valence-corrected chi connectivity index (χ2v) is 9.39. The molecule has 8 heteroatoms. The van der Waals surface area contributed by atoms with Crippen LogP contribution in [0.5, 0.6) is 11.5 Å². The highest BCUT2D eigenvalue weighted by Crippen LogP contribution is 2.37. The van der Waals surface area contributed by atoms with Crippen molar-refractivity contribution in [3.05, 3.63) is 86.1 Å². The van der Waals surface area contributed by atoms with Gasteiger partial charge in [-0.1, -0.05) is 29.8 Å². The summed E-state index contributed by atoms with van der Waals surface area (Å²) < 4.78 is 10.7. The Hall–Kier alpha value is -3.42. The molecule has 1 N–H and O–H groups in total. The van der Waals surface area contributed by atoms with Gasteiger partial charge in [-0.05, 0) is 48.2 Å². The fourth-order valence-electron chi connectivity index (χ4n) is 4.31. The lowest BCUT2D eigenvalue weighted by Gasteiger charge is -2.24. The molecule has 1 aliphatic carbocycles. The van der Waals surface area contributed by atoms with Gasteiger partial charge >= 0.3 is 0 Å². The predicted octanol–water partition coefficient (Wildman–Crippen LogP) is 5.75. The Bertz CT molecular complexity index is 1460. The van der Waals surface area contributed by atoms with Gasteiger partial charge in [-0.15, -0.1) is 11.3 Å². The smallest absolute Gasteiger partial charge is 0.258 e. The summed E-state index contributed by atoms with van der Waals surface area (Å²) in [7, 11) is 3.17. The topological polar surface area (TPSA) is 81.3 Å². The second kappa shape index (κ2) is 9.08. The number of ether oxygens (including phenoxy) is 2. The van der Waals surface area contributed by atoms with Gasteiger partial charge in [0.05, 0.1) is 25.5 Å². The molecule has 0 radical (unpaired) electrons. The van der Waals surface area contributed by atoms with Gasteiger partial charge in [0.25, 0.3) is 5.56 Å². The van der Waals surface area contributed by atoms with E-state index in [0.717, 1.165) is 16.8 Å². The number of ketones is 1. The number of nitrogens with one attached hydrogen (secondary N) is 1. The number of halogens is 1. The van der Waals surface area contributed by atoms with Gasteiger partial charge in [0.2, 0.25) is 0 Å². The average Bonchev–Trinajstić information content (AvgIpc) is 3.33. The summed E-state index contributed by atoms with van der Waals surface area (Å²) in [6, 6.07) is 14.7. The number of aromatic nitrogens is 2. The van der Waals surface area contributed by atoms with Crippen LogP contribution in [0.3, 0.4) is 0 Å². The van der Waals surface area contributed by atoms with Gasteiger partial charge in [-0.2, -0.15) is 0 Å². The SMILES string of the molecule is COc1ccc([C@H]2CC(=O)c3cc(-c4nc(-c5cccc(Cl)c5)cs4)c(=O)[nH]c3C2)cc1OC. The number of thiazole rings is 1. The molecule has 34 heavy (non-hydrogen) atoms. The fourth-order valence-corrected chi connectivity index (χ4v) is 5.34. The molecule has 2 aromatic heterocycles. The van der Waals surface area contributed by atoms with Crippen molar-refractivity contribution >= 4 is 28.7 Å². The first-order valence-corrected chi connectivity index (χ1v) is 12.0. The summed E-state index contributed by atoms with van der Waals surface area (Å²) in [5.41, 5.74) is 3.91. The number of carbonyl (C=O) groups excluding carboxylic acids is 1. The highest BCUT2D eigenvalue weighted by molar-refractivity contribution is 7.13. The van der Waals surface area contributed by atoms with E-state index in [1.54, 1.807) is 26.4 Å². The molecule has 0 saturated heterocycles. The van der Waals surface area contributed by atoms with Crippen LogP contribution in [0, 0.1) is 0 Å². The van der Waals surface area contributed by atoms with Crippen molar-refractivity contribution < 1.29 is 14.3 Å². The highest BCUT2D eigenvalue weighted by Gasteiger charge is 2.29. The maximum atomic E-state index is 13.1. The molecule has 2 heterocycles. The van der Waals surface area contributed by atoms with Crippen molar-refractivity contribution in [2.45, 2.75) is 18.8 Å². The van der Waals surface area contributed by atoms with Gasteiger partial charge in [0, 0.05) is 33.6 Å². The minimum atomic E-state index is -0.258. The third-order valence-electron chi connectivity index (χ3n) is 6.04. The maximum Gasteiger partial charge on any atom is 0.258 e. The van der Waals surface area contributed by atoms with Crippen molar-refractivity contribution in [1.82, 2.24) is 9.97 Å². The zero-order valence-corrected chi connectivity index (χ0v) is 20.1. The molecular formula is C26H21ClN2O4S. The van der Waals surface area contributed by atoms with E-state index in [2.05, 4.69) is 9.97 Å². The summed E-state index contributed by atoms with van der Waals surface area (Å²) in [4.78, 5) is 33.6. The number of hydrogen-bond acceptors (Lipinski definition) is 6. The number of nitrogens with zero attached hydrogens (tertiary/aromatic N) is 1. The van der Waals surface area contributed by atoms with Crippen LogP contribution in [0.25, 0.3) is 21.8 Å². The molecule has 6 nitrogen and oxygen atoms in total. The van der Waals surface area contributed by atoms with Crippen LogP contribution in [0.4, 0.5) is 0 Å². The van der Waals surface area contributed by atoms with E-state index in [1.165, 1.54) is 11.3 Å². The molecule has 1 atom stereocenters. The van der Waals surface area contributed by atoms with Crippen LogP contribution < -0.4 is 15.0 Å². The third kappa shape index (κ3) is 4.13. The normalized spacial score (nSPS) is 15.1. The van der Waals surface area contributed by atoms with Crippen LogP contribution in [0.1, 0.15) is 34.0 Å². The lowest BCUT2D eigenvalue weighted by Crippen LogP contribution is -2.24. The monoisotopic (exact) mass is 492 g/mol. The molecule has 0 unspecified atom stereocenters. The number of rotatable bonds is 5. The maximum absolute atomic E-state index is 13.1. The van der Waals surface area contributed by atoms with E-state index in [-0.39, 0.29) is 17.3 Å². The Labute approximate surface area is 205 Å². The van der Waals surface area contributed by atoms with Gasteiger partial charge in [-0.3, -0.25) is 9.59 Å². The van der Waals surface area contributed by atoms with Crippen LogP contribution >= 0.6 is 22.9 Å². The van der Waals surface area contributed by atoms with E-state index >= 15 is 0 Å². The molecule has 4 aromatic rings. The number of H-pyrrole nitrogens is 1. The number of carbonyl (C=O) groups is 1. The van der Waals surface area contributed by atoms with E-state index in [4.69, 9.17) is 21.1 Å². The highest BCUT2D eigenvalue weighted by atomic mass is 35.5. The van der Waals surface area contributed by atoms with Crippen LogP contribution in [-0.4, -0.2) is 30.0 Å². The fraction of sp³-hybridized carbons (Fsp3) is 0.192. The van der Waals surface area contributed by atoms with Gasteiger partial charge in [0.15, 0.2) is 17.3 Å². The number of hydrogen-bond donors (Lipinski definition) is 1. The number of fused-ring (bicyclic) bond motifs is 1. The standard InChI is InChI=1S/C26H21ClN2O4S/c1-32-23-7-6-14(11-24(23)33-2)16-9-20-18(22(30)10-16)12-19(25(31)28-20)26-29-21(13-34-26)15-4-3-5-17(27)8-15/h3-8,11-13,16H,9-10H2,1-2H3,(H,28,31)/t16-/m1/s1. The van der Waals surface area contributed by atoms with Crippen molar-refractivity contribution in [2.75, 3.05) is 14.2 Å². The van der Waals surface area contributed by atoms with E-state index in [1.807, 2.05) is 41.8 Å². The quantitative estimate of drug-likeness (QED) is 0.383. The van der Waals surface area contributed by atoms with Gasteiger partial charge < -0.3 is 14.5 Å². The Morgan fingerprint density at radius 2 is 1.82 bits per heavy atom. The number of benzene rings is 2. The largest absolute Gasteiger partial charge is 0.493 e. The minimum Gasteiger partial charge on any atom is -0.493 e. The van der Waals surface area contributed by atoms with Gasteiger partial charge in [0.1, 0.15) is 5.01 Å². The molecule has 1 aliphatic rings. The lowest BCUT2D eigenvalue weighted by atomic mass is 9.81. The Morgan fingerprint density at radius 3 is 2.59 bits per heavy atom. The summed E-state index contributed by atoms with van der Waals surface area (Å²) >= 11 is 7.46. The molecule has 0 aliphatic heterocycles. The molecule has 0 spiro atoms. The van der Waals surface area contributed by atoms with Crippen molar-refractivity contribution in [3.8, 4) is 33.3 Å². The average molecular weight is 493 g/mol. The summed E-state index contributed by atoms with van der Waals surface area (Å²) in [5.74, 6) is 1.18. The Morgan fingerprint density at radius 1 is 1.00 bits per heavy atom. The molecule has 0 saturated carbocycles. The Balaban J connectivity index is 1.47. The molecule has 0 fully saturated rings. The summed E-state index contributed by atoms with van der Waals surface area (Å²) in [6.07, 6.45) is 0.900. The molecule has 0 bridgehead atoms. The molecule has 5 rings (SSSR count). The number of pyridine rings is 1. The van der Waals surface area contributed by atoms with Crippen LogP contribution in [-0.2, 0) is 6.42 Å². The second-order valence-electron chi connectivity index (χ2n) is 8.10. The van der Waals surface area contributed by atoms with Crippen LogP contribution in [0.15, 0.2) is 58.7 Å². The van der Waals surface area contributed by atoms with Crippen molar-refractivity contribution in [1.29, 1.82) is 0 Å². The molecule has 172 valence electrons. The molecule has 0 amide bonds. The van der Waals surface area contributed by atoms with Gasteiger partial charge in [-0.25, -0.2) is 4.98 Å². The zero-order valence-electron chi connectivity index (χ0n) is 18.6. The number of aromatic amines is 1.